The summed E-state index contributed by atoms with van der Waals surface area (Å²) < 4.78 is 0. The first-order valence-corrected chi connectivity index (χ1v) is 8.91. The van der Waals surface area contributed by atoms with Gasteiger partial charge in [0.25, 0.3) is 0 Å². The predicted octanol–water partition coefficient (Wildman–Crippen LogP) is 2.80. The van der Waals surface area contributed by atoms with Crippen LogP contribution < -0.4 is 5.73 Å². The van der Waals surface area contributed by atoms with Crippen LogP contribution in [0.25, 0.3) is 0 Å². The molecule has 1 saturated carbocycles. The van der Waals surface area contributed by atoms with Crippen molar-refractivity contribution in [2.45, 2.75) is 65.0 Å². The third kappa shape index (κ3) is 4.67. The molecule has 1 aliphatic heterocycles. The zero-order valence-corrected chi connectivity index (χ0v) is 14.9. The van der Waals surface area contributed by atoms with E-state index in [0.29, 0.717) is 17.4 Å². The van der Waals surface area contributed by atoms with Gasteiger partial charge in [0.2, 0.25) is 0 Å². The van der Waals surface area contributed by atoms with Crippen molar-refractivity contribution in [1.82, 2.24) is 9.80 Å². The summed E-state index contributed by atoms with van der Waals surface area (Å²) in [5.74, 6) is 1.54. The van der Waals surface area contributed by atoms with Crippen LogP contribution in [-0.4, -0.2) is 55.6 Å². The average molecular weight is 296 g/mol. The Morgan fingerprint density at radius 2 is 1.86 bits per heavy atom. The van der Waals surface area contributed by atoms with Crippen molar-refractivity contribution < 1.29 is 0 Å². The van der Waals surface area contributed by atoms with E-state index < -0.39 is 0 Å². The summed E-state index contributed by atoms with van der Waals surface area (Å²) in [5.41, 5.74) is 6.91. The first-order chi connectivity index (χ1) is 9.77. The standard InChI is InChI=1S/C18H37N3/c1-18(2,3)15-8-9-17(19)14(11-15)12-21-10-6-7-16(21)13-20(4)5/h14-17H,6-13,19H2,1-5H3. The molecular formula is C18H37N3. The molecule has 124 valence electrons. The van der Waals surface area contributed by atoms with Crippen molar-refractivity contribution in [3.8, 4) is 0 Å². The maximum Gasteiger partial charge on any atom is 0.0223 e. The Balaban J connectivity index is 1.93. The van der Waals surface area contributed by atoms with Crippen LogP contribution in [-0.2, 0) is 0 Å². The lowest BCUT2D eigenvalue weighted by atomic mass is 9.67. The average Bonchev–Trinajstić information content (AvgIpc) is 2.77. The van der Waals surface area contributed by atoms with Crippen LogP contribution >= 0.6 is 0 Å². The van der Waals surface area contributed by atoms with Gasteiger partial charge in [-0.3, -0.25) is 4.90 Å². The van der Waals surface area contributed by atoms with Crippen LogP contribution in [0.1, 0.15) is 52.9 Å². The Labute approximate surface area is 132 Å². The quantitative estimate of drug-likeness (QED) is 0.865. The van der Waals surface area contributed by atoms with E-state index in [1.54, 1.807) is 0 Å². The molecule has 2 rings (SSSR count). The number of nitrogens with two attached hydrogens (primary N) is 1. The molecule has 21 heavy (non-hydrogen) atoms. The second-order valence-electron chi connectivity index (χ2n) is 8.85. The Kier molecular flexibility index (Phi) is 5.72. The van der Waals surface area contributed by atoms with Crippen LogP contribution in [0, 0.1) is 17.3 Å². The second kappa shape index (κ2) is 6.97. The molecule has 0 bridgehead atoms. The molecule has 0 amide bonds. The Bertz CT molecular complexity index is 321. The predicted molar refractivity (Wildman–Crippen MR) is 91.4 cm³/mol. The molecule has 2 fully saturated rings. The summed E-state index contributed by atoms with van der Waals surface area (Å²) in [6, 6.07) is 1.17. The third-order valence-corrected chi connectivity index (χ3v) is 5.81. The van der Waals surface area contributed by atoms with Crippen molar-refractivity contribution in [1.29, 1.82) is 0 Å². The molecule has 3 nitrogen and oxygen atoms in total. The molecule has 0 aromatic carbocycles. The minimum Gasteiger partial charge on any atom is -0.327 e. The van der Waals surface area contributed by atoms with Gasteiger partial charge in [-0.1, -0.05) is 20.8 Å². The molecule has 2 aliphatic rings. The van der Waals surface area contributed by atoms with Gasteiger partial charge in [0, 0.05) is 25.2 Å². The van der Waals surface area contributed by atoms with Gasteiger partial charge in [-0.2, -0.15) is 0 Å². The SMILES string of the molecule is CN(C)CC1CCCN1CC1CC(C(C)(C)C)CCC1N. The highest BCUT2D eigenvalue weighted by molar-refractivity contribution is 4.91. The smallest absolute Gasteiger partial charge is 0.0223 e. The fourth-order valence-corrected chi connectivity index (χ4v) is 4.35. The van der Waals surface area contributed by atoms with Gasteiger partial charge in [-0.05, 0) is 70.0 Å². The molecule has 1 heterocycles. The minimum atomic E-state index is 0.421. The lowest BCUT2D eigenvalue weighted by Crippen LogP contribution is -2.47. The van der Waals surface area contributed by atoms with E-state index in [-0.39, 0.29) is 0 Å². The Hall–Kier alpha value is -0.120. The Morgan fingerprint density at radius 3 is 2.48 bits per heavy atom. The van der Waals surface area contributed by atoms with Gasteiger partial charge in [0.15, 0.2) is 0 Å². The summed E-state index contributed by atoms with van der Waals surface area (Å²) in [5, 5.41) is 0. The number of likely N-dealkylation sites (N-methyl/N-ethyl adjacent to an activating group) is 1. The second-order valence-corrected chi connectivity index (χ2v) is 8.85. The van der Waals surface area contributed by atoms with Crippen LogP contribution in [0.4, 0.5) is 0 Å². The topological polar surface area (TPSA) is 32.5 Å². The number of hydrogen-bond donors (Lipinski definition) is 1. The normalized spacial score (nSPS) is 35.6. The van der Waals surface area contributed by atoms with Gasteiger partial charge in [0.05, 0.1) is 0 Å². The van der Waals surface area contributed by atoms with Crippen molar-refractivity contribution in [2.24, 2.45) is 23.0 Å². The van der Waals surface area contributed by atoms with E-state index in [1.807, 2.05) is 0 Å². The van der Waals surface area contributed by atoms with Crippen LogP contribution in [0.2, 0.25) is 0 Å². The van der Waals surface area contributed by atoms with Crippen LogP contribution in [0.5, 0.6) is 0 Å². The monoisotopic (exact) mass is 295 g/mol. The van der Waals surface area contributed by atoms with Crippen molar-refractivity contribution >= 4 is 0 Å². The number of hydrogen-bond acceptors (Lipinski definition) is 3. The molecule has 0 spiro atoms. The van der Waals surface area contributed by atoms with E-state index in [0.717, 1.165) is 12.0 Å². The van der Waals surface area contributed by atoms with E-state index in [1.165, 1.54) is 51.7 Å². The third-order valence-electron chi connectivity index (χ3n) is 5.81. The summed E-state index contributed by atoms with van der Waals surface area (Å²) in [6.45, 7) is 10.9. The van der Waals surface area contributed by atoms with Crippen molar-refractivity contribution in [3.63, 3.8) is 0 Å². The van der Waals surface area contributed by atoms with E-state index in [9.17, 15) is 0 Å². The molecule has 3 heteroatoms. The number of rotatable bonds is 4. The molecule has 4 atom stereocenters. The maximum atomic E-state index is 6.47. The van der Waals surface area contributed by atoms with Crippen LogP contribution in [0.15, 0.2) is 0 Å². The van der Waals surface area contributed by atoms with E-state index >= 15 is 0 Å². The fourth-order valence-electron chi connectivity index (χ4n) is 4.35. The zero-order valence-electron chi connectivity index (χ0n) is 14.9. The van der Waals surface area contributed by atoms with Gasteiger partial charge in [0.1, 0.15) is 0 Å². The molecule has 0 radical (unpaired) electrons. The Morgan fingerprint density at radius 1 is 1.14 bits per heavy atom. The van der Waals surface area contributed by atoms with Gasteiger partial charge in [-0.25, -0.2) is 0 Å². The molecule has 1 saturated heterocycles. The molecular weight excluding hydrogens is 258 g/mol. The number of nitrogens with zero attached hydrogens (tertiary/aromatic N) is 2. The molecule has 4 unspecified atom stereocenters. The van der Waals surface area contributed by atoms with E-state index in [2.05, 4.69) is 44.7 Å². The van der Waals surface area contributed by atoms with Crippen LogP contribution in [0.3, 0.4) is 0 Å². The number of likely N-dealkylation sites (tertiary alicyclic amines) is 1. The highest BCUT2D eigenvalue weighted by Crippen LogP contribution is 2.40. The first kappa shape index (κ1) is 17.2. The van der Waals surface area contributed by atoms with Crippen molar-refractivity contribution in [2.75, 3.05) is 33.7 Å². The van der Waals surface area contributed by atoms with E-state index in [4.69, 9.17) is 5.73 Å². The van der Waals surface area contributed by atoms with Gasteiger partial charge in [-0.15, -0.1) is 0 Å². The van der Waals surface area contributed by atoms with Gasteiger partial charge >= 0.3 is 0 Å². The summed E-state index contributed by atoms with van der Waals surface area (Å²) in [6.07, 6.45) is 6.60. The zero-order chi connectivity index (χ0) is 15.6. The molecule has 2 N–H and O–H groups in total. The largest absolute Gasteiger partial charge is 0.327 e. The minimum absolute atomic E-state index is 0.421. The lowest BCUT2D eigenvalue weighted by Gasteiger charge is -2.42. The molecule has 1 aliphatic carbocycles. The fraction of sp³-hybridized carbons (Fsp3) is 1.00. The molecule has 0 aromatic rings. The highest BCUT2D eigenvalue weighted by Gasteiger charge is 2.36. The highest BCUT2D eigenvalue weighted by atomic mass is 15.2. The first-order valence-electron chi connectivity index (χ1n) is 8.91. The summed E-state index contributed by atoms with van der Waals surface area (Å²) in [7, 11) is 4.39. The van der Waals surface area contributed by atoms with Gasteiger partial charge < -0.3 is 10.6 Å². The maximum absolute atomic E-state index is 6.47. The summed E-state index contributed by atoms with van der Waals surface area (Å²) in [4.78, 5) is 5.07. The lowest BCUT2D eigenvalue weighted by molar-refractivity contribution is 0.0906. The molecule has 0 aromatic heterocycles. The van der Waals surface area contributed by atoms with Crippen molar-refractivity contribution in [3.05, 3.63) is 0 Å². The summed E-state index contributed by atoms with van der Waals surface area (Å²) >= 11 is 0.